The van der Waals surface area contributed by atoms with Gasteiger partial charge in [0.1, 0.15) is 12.6 Å². The first-order chi connectivity index (χ1) is 15.7. The van der Waals surface area contributed by atoms with Crippen LogP contribution in [0, 0.1) is 6.92 Å². The molecule has 0 heterocycles. The largest absolute Gasteiger partial charge is 0.350 e. The summed E-state index contributed by atoms with van der Waals surface area (Å²) in [7, 11) is -3.76. The first kappa shape index (κ1) is 27.9. The van der Waals surface area contributed by atoms with E-state index in [0.29, 0.717) is 12.1 Å². The fraction of sp³-hybridized carbons (Fsp3) is 0.440. The van der Waals surface area contributed by atoms with Crippen molar-refractivity contribution in [3.63, 3.8) is 0 Å². The van der Waals surface area contributed by atoms with Crippen molar-refractivity contribution in [2.24, 2.45) is 0 Å². The maximum absolute atomic E-state index is 13.6. The monoisotopic (exact) mass is 551 g/mol. The van der Waals surface area contributed by atoms with Gasteiger partial charge in [-0.25, -0.2) is 8.42 Å². The number of hydrogen-bond acceptors (Lipinski definition) is 4. The van der Waals surface area contributed by atoms with Crippen LogP contribution in [0.25, 0.3) is 0 Å². The van der Waals surface area contributed by atoms with E-state index >= 15 is 0 Å². The minimum atomic E-state index is -3.76. The SMILES string of the molecule is CC[C@@H](C(=O)NC(C)(C)C)N(Cc1ccccc1)C(=O)CN(c1ccc(Br)c(C)c1)S(C)(=O)=O. The topological polar surface area (TPSA) is 86.8 Å². The molecular formula is C25H34BrN3O4S. The number of nitrogens with zero attached hydrogens (tertiary/aromatic N) is 2. The number of rotatable bonds is 9. The highest BCUT2D eigenvalue weighted by Crippen LogP contribution is 2.25. The molecule has 0 fully saturated rings. The van der Waals surface area contributed by atoms with Crippen LogP contribution in [-0.4, -0.2) is 49.5 Å². The molecule has 34 heavy (non-hydrogen) atoms. The summed E-state index contributed by atoms with van der Waals surface area (Å²) in [5, 5.41) is 2.95. The lowest BCUT2D eigenvalue weighted by molar-refractivity contribution is -0.141. The smallest absolute Gasteiger partial charge is 0.244 e. The van der Waals surface area contributed by atoms with Crippen LogP contribution in [0.15, 0.2) is 53.0 Å². The Kier molecular flexibility index (Phi) is 9.30. The summed E-state index contributed by atoms with van der Waals surface area (Å²) in [6, 6.07) is 13.7. The van der Waals surface area contributed by atoms with E-state index < -0.39 is 34.1 Å². The third-order valence-electron chi connectivity index (χ3n) is 5.19. The van der Waals surface area contributed by atoms with Crippen LogP contribution in [0.2, 0.25) is 0 Å². The van der Waals surface area contributed by atoms with Crippen molar-refractivity contribution in [2.45, 2.75) is 59.2 Å². The van der Waals surface area contributed by atoms with Crippen LogP contribution in [0.4, 0.5) is 5.69 Å². The molecule has 1 N–H and O–H groups in total. The Hall–Kier alpha value is -2.39. The van der Waals surface area contributed by atoms with E-state index in [-0.39, 0.29) is 12.5 Å². The van der Waals surface area contributed by atoms with E-state index in [9.17, 15) is 18.0 Å². The van der Waals surface area contributed by atoms with Gasteiger partial charge >= 0.3 is 0 Å². The molecule has 2 aromatic rings. The number of anilines is 1. The standard InChI is InChI=1S/C25H34BrN3O4S/c1-7-22(24(31)27-25(3,4)5)28(16-19-11-9-8-10-12-19)23(30)17-29(34(6,32)33)20-13-14-21(26)18(2)15-20/h8-15,22H,7,16-17H2,1-6H3,(H,27,31)/t22-/m0/s1. The zero-order valence-corrected chi connectivity index (χ0v) is 23.0. The molecule has 0 unspecified atom stereocenters. The third kappa shape index (κ3) is 7.84. The predicted octanol–water partition coefficient (Wildman–Crippen LogP) is 4.25. The molecule has 0 saturated heterocycles. The summed E-state index contributed by atoms with van der Waals surface area (Å²) in [6.07, 6.45) is 1.46. The van der Waals surface area contributed by atoms with Crippen molar-refractivity contribution in [2.75, 3.05) is 17.1 Å². The van der Waals surface area contributed by atoms with Gasteiger partial charge in [-0.15, -0.1) is 0 Å². The minimum absolute atomic E-state index is 0.187. The van der Waals surface area contributed by atoms with Crippen molar-refractivity contribution in [1.29, 1.82) is 0 Å². The molecule has 0 spiro atoms. The van der Waals surface area contributed by atoms with E-state index in [1.807, 2.05) is 65.0 Å². The minimum Gasteiger partial charge on any atom is -0.350 e. The first-order valence-electron chi connectivity index (χ1n) is 11.1. The van der Waals surface area contributed by atoms with Crippen molar-refractivity contribution < 1.29 is 18.0 Å². The van der Waals surface area contributed by atoms with Gasteiger partial charge in [0.2, 0.25) is 21.8 Å². The molecule has 1 atom stereocenters. The second-order valence-electron chi connectivity index (χ2n) is 9.37. The fourth-order valence-electron chi connectivity index (χ4n) is 3.55. The number of aryl methyl sites for hydroxylation is 1. The number of nitrogens with one attached hydrogen (secondary N) is 1. The van der Waals surface area contributed by atoms with Gasteiger partial charge in [-0.2, -0.15) is 0 Å². The van der Waals surface area contributed by atoms with Crippen LogP contribution in [0.5, 0.6) is 0 Å². The van der Waals surface area contributed by atoms with Gasteiger partial charge in [-0.3, -0.25) is 13.9 Å². The molecule has 9 heteroatoms. The highest BCUT2D eigenvalue weighted by atomic mass is 79.9. The lowest BCUT2D eigenvalue weighted by Gasteiger charge is -2.34. The molecule has 2 aromatic carbocycles. The Labute approximate surface area is 211 Å². The van der Waals surface area contributed by atoms with Crippen molar-refractivity contribution in [3.8, 4) is 0 Å². The number of carbonyl (C=O) groups excluding carboxylic acids is 2. The average molecular weight is 553 g/mol. The Balaban J connectivity index is 2.45. The Morgan fingerprint density at radius 1 is 1.09 bits per heavy atom. The number of halogens is 1. The number of hydrogen-bond donors (Lipinski definition) is 1. The second-order valence-corrected chi connectivity index (χ2v) is 12.1. The molecular weight excluding hydrogens is 518 g/mol. The molecule has 0 bridgehead atoms. The van der Waals surface area contributed by atoms with E-state index in [1.165, 1.54) is 4.90 Å². The summed E-state index contributed by atoms with van der Waals surface area (Å²) in [6.45, 7) is 9.09. The molecule has 0 aromatic heterocycles. The van der Waals surface area contributed by atoms with Gasteiger partial charge in [0, 0.05) is 16.6 Å². The number of benzene rings is 2. The van der Waals surface area contributed by atoms with Gasteiger partial charge in [0.25, 0.3) is 0 Å². The van der Waals surface area contributed by atoms with Gasteiger partial charge in [0.05, 0.1) is 11.9 Å². The summed E-state index contributed by atoms with van der Waals surface area (Å²) in [4.78, 5) is 28.2. The zero-order valence-electron chi connectivity index (χ0n) is 20.6. The third-order valence-corrected chi connectivity index (χ3v) is 7.22. The number of amides is 2. The highest BCUT2D eigenvalue weighted by Gasteiger charge is 2.33. The molecule has 2 rings (SSSR count). The highest BCUT2D eigenvalue weighted by molar-refractivity contribution is 9.10. The molecule has 0 aliphatic heterocycles. The lowest BCUT2D eigenvalue weighted by Crippen LogP contribution is -2.55. The van der Waals surface area contributed by atoms with Crippen LogP contribution in [-0.2, 0) is 26.2 Å². The van der Waals surface area contributed by atoms with Gasteiger partial charge in [0.15, 0.2) is 0 Å². The maximum atomic E-state index is 13.6. The van der Waals surface area contributed by atoms with Crippen LogP contribution in [0.3, 0.4) is 0 Å². The van der Waals surface area contributed by atoms with Crippen LogP contribution in [0.1, 0.15) is 45.2 Å². The van der Waals surface area contributed by atoms with Gasteiger partial charge in [-0.1, -0.05) is 53.2 Å². The van der Waals surface area contributed by atoms with E-state index in [4.69, 9.17) is 0 Å². The van der Waals surface area contributed by atoms with Gasteiger partial charge < -0.3 is 10.2 Å². The van der Waals surface area contributed by atoms with Crippen molar-refractivity contribution >= 4 is 43.5 Å². The van der Waals surface area contributed by atoms with Crippen LogP contribution >= 0.6 is 15.9 Å². The van der Waals surface area contributed by atoms with Gasteiger partial charge in [-0.05, 0) is 63.4 Å². The van der Waals surface area contributed by atoms with Crippen molar-refractivity contribution in [3.05, 3.63) is 64.1 Å². The Morgan fingerprint density at radius 2 is 1.71 bits per heavy atom. The lowest BCUT2D eigenvalue weighted by atomic mass is 10.1. The average Bonchev–Trinajstić information content (AvgIpc) is 2.72. The fourth-order valence-corrected chi connectivity index (χ4v) is 4.64. The molecule has 0 saturated carbocycles. The molecule has 0 radical (unpaired) electrons. The normalized spacial score (nSPS) is 12.7. The van der Waals surface area contributed by atoms with Crippen LogP contribution < -0.4 is 9.62 Å². The number of carbonyl (C=O) groups is 2. The summed E-state index contributed by atoms with van der Waals surface area (Å²) in [5.74, 6) is -0.726. The molecule has 2 amide bonds. The molecule has 7 nitrogen and oxygen atoms in total. The summed E-state index contributed by atoms with van der Waals surface area (Å²) in [5.41, 5.74) is 1.61. The predicted molar refractivity (Wildman–Crippen MR) is 140 cm³/mol. The summed E-state index contributed by atoms with van der Waals surface area (Å²) >= 11 is 3.42. The van der Waals surface area contributed by atoms with E-state index in [1.54, 1.807) is 18.2 Å². The zero-order chi connectivity index (χ0) is 25.7. The molecule has 186 valence electrons. The van der Waals surface area contributed by atoms with E-state index in [0.717, 1.165) is 26.2 Å². The first-order valence-corrected chi connectivity index (χ1v) is 13.8. The Bertz CT molecular complexity index is 1110. The number of sulfonamides is 1. The van der Waals surface area contributed by atoms with Crippen molar-refractivity contribution in [1.82, 2.24) is 10.2 Å². The maximum Gasteiger partial charge on any atom is 0.244 e. The summed E-state index contributed by atoms with van der Waals surface area (Å²) < 4.78 is 27.3. The molecule has 0 aliphatic rings. The Morgan fingerprint density at radius 3 is 2.21 bits per heavy atom. The van der Waals surface area contributed by atoms with E-state index in [2.05, 4.69) is 21.2 Å². The molecule has 0 aliphatic carbocycles. The second kappa shape index (κ2) is 11.4. The quantitative estimate of drug-likeness (QED) is 0.504.